The Morgan fingerprint density at radius 3 is 2.47 bits per heavy atom. The Morgan fingerprint density at radius 1 is 0.794 bits per heavy atom. The van der Waals surface area contributed by atoms with Gasteiger partial charge >= 0.3 is 0 Å². The van der Waals surface area contributed by atoms with E-state index < -0.39 is 0 Å². The molecule has 1 unspecified atom stereocenters. The van der Waals surface area contributed by atoms with Gasteiger partial charge in [-0.05, 0) is 67.6 Å². The van der Waals surface area contributed by atoms with Crippen LogP contribution in [0, 0.1) is 11.3 Å². The summed E-state index contributed by atoms with van der Waals surface area (Å²) in [5, 5.41) is 15.1. The van der Waals surface area contributed by atoms with Crippen LogP contribution >= 0.6 is 0 Å². The number of fused-ring (bicyclic) bond motifs is 8. The van der Waals surface area contributed by atoms with Gasteiger partial charge in [-0.3, -0.25) is 0 Å². The monoisotopic (exact) mass is 436 g/mol. The highest BCUT2D eigenvalue weighted by Crippen LogP contribution is 2.53. The van der Waals surface area contributed by atoms with Crippen molar-refractivity contribution in [3.05, 3.63) is 108 Å². The summed E-state index contributed by atoms with van der Waals surface area (Å²) < 4.78 is 0. The number of para-hydroxylation sites is 1. The molecule has 0 fully saturated rings. The minimum atomic E-state index is -0.172. The predicted octanol–water partition coefficient (Wildman–Crippen LogP) is 7.89. The van der Waals surface area contributed by atoms with Gasteiger partial charge in [-0.2, -0.15) is 5.26 Å². The highest BCUT2D eigenvalue weighted by atomic mass is 15.2. The molecule has 5 aromatic rings. The Bertz CT molecular complexity index is 1690. The van der Waals surface area contributed by atoms with E-state index in [1.807, 2.05) is 0 Å². The Kier molecular flexibility index (Phi) is 3.83. The first-order chi connectivity index (χ1) is 16.6. The molecular formula is C32H24N2. The van der Waals surface area contributed by atoms with Gasteiger partial charge in [0.1, 0.15) is 6.04 Å². The maximum atomic E-state index is 9.92. The van der Waals surface area contributed by atoms with Gasteiger partial charge in [-0.25, -0.2) is 0 Å². The van der Waals surface area contributed by atoms with Crippen LogP contribution in [0.4, 0.5) is 11.4 Å². The molecule has 0 bridgehead atoms. The highest BCUT2D eigenvalue weighted by molar-refractivity contribution is 6.14. The van der Waals surface area contributed by atoms with Crippen molar-refractivity contribution in [3.63, 3.8) is 0 Å². The SMILES string of the molecule is CC1(C)c2cc(N3c4ccccc4CC3C#N)ccc2-c2c1ccc1c2ccc2ccccc21. The number of hydrogen-bond donors (Lipinski definition) is 0. The maximum Gasteiger partial charge on any atom is 0.125 e. The van der Waals surface area contributed by atoms with Gasteiger partial charge in [0, 0.05) is 23.2 Å². The second-order valence-corrected chi connectivity index (χ2v) is 10.1. The van der Waals surface area contributed by atoms with Gasteiger partial charge in [-0.1, -0.05) is 86.6 Å². The van der Waals surface area contributed by atoms with E-state index in [9.17, 15) is 5.26 Å². The van der Waals surface area contributed by atoms with Crippen molar-refractivity contribution in [1.82, 2.24) is 0 Å². The van der Waals surface area contributed by atoms with Gasteiger partial charge in [0.25, 0.3) is 0 Å². The van der Waals surface area contributed by atoms with E-state index in [2.05, 4.69) is 116 Å². The first kappa shape index (κ1) is 19.4. The normalized spacial score (nSPS) is 17.4. The van der Waals surface area contributed by atoms with E-state index in [1.165, 1.54) is 49.4 Å². The largest absolute Gasteiger partial charge is 0.324 e. The lowest BCUT2D eigenvalue weighted by molar-refractivity contribution is 0.660. The summed E-state index contributed by atoms with van der Waals surface area (Å²) in [4.78, 5) is 2.22. The lowest BCUT2D eigenvalue weighted by atomic mass is 9.81. The van der Waals surface area contributed by atoms with Crippen molar-refractivity contribution >= 4 is 32.9 Å². The Balaban J connectivity index is 1.46. The lowest BCUT2D eigenvalue weighted by Gasteiger charge is -2.26. The fourth-order valence-electron chi connectivity index (χ4n) is 6.27. The number of rotatable bonds is 1. The van der Waals surface area contributed by atoms with E-state index in [0.717, 1.165) is 17.8 Å². The fourth-order valence-corrected chi connectivity index (χ4v) is 6.27. The molecule has 7 rings (SSSR count). The van der Waals surface area contributed by atoms with Crippen LogP contribution in [0.5, 0.6) is 0 Å². The Morgan fingerprint density at radius 2 is 1.59 bits per heavy atom. The highest BCUT2D eigenvalue weighted by Gasteiger charge is 2.38. The number of hydrogen-bond acceptors (Lipinski definition) is 2. The van der Waals surface area contributed by atoms with Crippen molar-refractivity contribution in [2.45, 2.75) is 31.7 Å². The van der Waals surface area contributed by atoms with Crippen LogP contribution in [0.2, 0.25) is 0 Å². The van der Waals surface area contributed by atoms with Crippen LogP contribution in [0.3, 0.4) is 0 Å². The number of nitriles is 1. The van der Waals surface area contributed by atoms with Crippen molar-refractivity contribution < 1.29 is 0 Å². The number of nitrogens with zero attached hydrogens (tertiary/aromatic N) is 2. The molecule has 34 heavy (non-hydrogen) atoms. The maximum absolute atomic E-state index is 9.92. The van der Waals surface area contributed by atoms with Gasteiger partial charge in [-0.15, -0.1) is 0 Å². The smallest absolute Gasteiger partial charge is 0.125 e. The third-order valence-corrected chi connectivity index (χ3v) is 7.95. The second-order valence-electron chi connectivity index (χ2n) is 10.1. The van der Waals surface area contributed by atoms with Gasteiger partial charge in [0.2, 0.25) is 0 Å². The Labute approximate surface area is 199 Å². The zero-order chi connectivity index (χ0) is 23.0. The van der Waals surface area contributed by atoms with Gasteiger partial charge in [0.05, 0.1) is 6.07 Å². The molecule has 2 heteroatoms. The summed E-state index contributed by atoms with van der Waals surface area (Å²) in [6.45, 7) is 4.65. The zero-order valence-corrected chi connectivity index (χ0v) is 19.3. The molecule has 0 radical (unpaired) electrons. The van der Waals surface area contributed by atoms with Gasteiger partial charge in [0.15, 0.2) is 0 Å². The van der Waals surface area contributed by atoms with Crippen LogP contribution in [0.25, 0.3) is 32.7 Å². The second kappa shape index (κ2) is 6.72. The standard InChI is InChI=1S/C32H24N2/c1-32(2)28-16-15-25-24-9-5-3-7-20(24)11-13-26(25)31(28)27-14-12-22(18-29(27)32)34-23(19-33)17-21-8-4-6-10-30(21)34/h3-16,18,23H,17H2,1-2H3. The summed E-state index contributed by atoms with van der Waals surface area (Å²) in [5.41, 5.74) is 8.77. The van der Waals surface area contributed by atoms with Crippen molar-refractivity contribution in [3.8, 4) is 17.2 Å². The molecule has 2 nitrogen and oxygen atoms in total. The summed E-state index contributed by atoms with van der Waals surface area (Å²) in [6, 6.07) is 35.4. The van der Waals surface area contributed by atoms with Crippen molar-refractivity contribution in [2.24, 2.45) is 0 Å². The molecule has 0 saturated heterocycles. The summed E-state index contributed by atoms with van der Waals surface area (Å²) >= 11 is 0. The molecule has 2 aliphatic rings. The topological polar surface area (TPSA) is 27.0 Å². The number of anilines is 2. The first-order valence-corrected chi connectivity index (χ1v) is 11.9. The van der Waals surface area contributed by atoms with E-state index in [1.54, 1.807) is 0 Å². The minimum absolute atomic E-state index is 0.109. The summed E-state index contributed by atoms with van der Waals surface area (Å²) in [5.74, 6) is 0. The van der Waals surface area contributed by atoms with E-state index >= 15 is 0 Å². The third kappa shape index (κ3) is 2.45. The molecular weight excluding hydrogens is 412 g/mol. The fraction of sp³-hybridized carbons (Fsp3) is 0.156. The van der Waals surface area contributed by atoms with Crippen molar-refractivity contribution in [2.75, 3.05) is 4.90 Å². The average Bonchev–Trinajstić information content (AvgIpc) is 3.36. The quantitative estimate of drug-likeness (QED) is 0.250. The molecule has 1 aliphatic heterocycles. The van der Waals surface area contributed by atoms with E-state index in [4.69, 9.17) is 0 Å². The summed E-state index contributed by atoms with van der Waals surface area (Å²) in [6.07, 6.45) is 0.769. The van der Waals surface area contributed by atoms with Crippen LogP contribution in [0.15, 0.2) is 91.0 Å². The van der Waals surface area contributed by atoms with Crippen LogP contribution in [-0.4, -0.2) is 6.04 Å². The molecule has 1 aliphatic carbocycles. The molecule has 0 aromatic heterocycles. The van der Waals surface area contributed by atoms with Crippen LogP contribution in [0.1, 0.15) is 30.5 Å². The van der Waals surface area contributed by atoms with Gasteiger partial charge < -0.3 is 4.90 Å². The zero-order valence-electron chi connectivity index (χ0n) is 19.3. The minimum Gasteiger partial charge on any atom is -0.324 e. The molecule has 1 heterocycles. The van der Waals surface area contributed by atoms with Crippen LogP contribution in [-0.2, 0) is 11.8 Å². The van der Waals surface area contributed by atoms with E-state index in [-0.39, 0.29) is 11.5 Å². The van der Waals surface area contributed by atoms with Crippen molar-refractivity contribution in [1.29, 1.82) is 5.26 Å². The molecule has 0 amide bonds. The molecule has 0 saturated carbocycles. The average molecular weight is 437 g/mol. The molecule has 0 spiro atoms. The molecule has 0 N–H and O–H groups in total. The summed E-state index contributed by atoms with van der Waals surface area (Å²) in [7, 11) is 0. The Hall–Kier alpha value is -4.09. The molecule has 5 aromatic carbocycles. The van der Waals surface area contributed by atoms with E-state index in [0.29, 0.717) is 0 Å². The predicted molar refractivity (Wildman–Crippen MR) is 141 cm³/mol. The molecule has 1 atom stereocenters. The first-order valence-electron chi connectivity index (χ1n) is 11.9. The van der Waals surface area contributed by atoms with Crippen LogP contribution < -0.4 is 4.90 Å². The lowest BCUT2D eigenvalue weighted by Crippen LogP contribution is -2.26. The third-order valence-electron chi connectivity index (χ3n) is 7.95. The number of benzene rings is 5. The molecule has 162 valence electrons.